The Morgan fingerprint density at radius 1 is 1.25 bits per heavy atom. The minimum atomic E-state index is -0.0386. The molecule has 1 amide bonds. The van der Waals surface area contributed by atoms with Crippen LogP contribution < -0.4 is 5.32 Å². The number of fused-ring (bicyclic) bond motifs is 1. The van der Waals surface area contributed by atoms with E-state index in [9.17, 15) is 9.90 Å². The number of benzene rings is 1. The number of carbonyl (C=O) groups excluding carboxylic acids is 1. The van der Waals surface area contributed by atoms with Crippen molar-refractivity contribution in [1.29, 1.82) is 0 Å². The largest absolute Gasteiger partial charge is 0.395 e. The monoisotopic (exact) mass is 348 g/mol. The van der Waals surface area contributed by atoms with Gasteiger partial charge in [0.2, 0.25) is 0 Å². The molecule has 0 spiro atoms. The van der Waals surface area contributed by atoms with E-state index < -0.39 is 0 Å². The molecule has 1 aromatic heterocycles. The van der Waals surface area contributed by atoms with Crippen molar-refractivity contribution in [3.05, 3.63) is 35.0 Å². The van der Waals surface area contributed by atoms with Crippen LogP contribution in [0.15, 0.2) is 24.4 Å². The Kier molecular flexibility index (Phi) is 5.80. The van der Waals surface area contributed by atoms with Gasteiger partial charge < -0.3 is 15.0 Å². The molecule has 2 N–H and O–H groups in total. The lowest BCUT2D eigenvalue weighted by molar-refractivity contribution is 0.0947. The molecule has 1 heterocycles. The molecular formula is C19H25ClN2O2. The van der Waals surface area contributed by atoms with Crippen LogP contribution in [-0.4, -0.2) is 28.7 Å². The fourth-order valence-electron chi connectivity index (χ4n) is 3.64. The summed E-state index contributed by atoms with van der Waals surface area (Å²) in [5, 5.41) is 13.9. The Balaban J connectivity index is 1.76. The van der Waals surface area contributed by atoms with E-state index in [-0.39, 0.29) is 12.5 Å². The number of hydrogen-bond donors (Lipinski definition) is 2. The Labute approximate surface area is 147 Å². The number of aliphatic hydroxyl groups excluding tert-OH is 1. The predicted octanol–water partition coefficient (Wildman–Crippen LogP) is 3.99. The summed E-state index contributed by atoms with van der Waals surface area (Å²) in [5.74, 6) is 0.556. The highest BCUT2D eigenvalue weighted by molar-refractivity contribution is 6.31. The van der Waals surface area contributed by atoms with Gasteiger partial charge in [0.15, 0.2) is 0 Å². The second-order valence-corrected chi connectivity index (χ2v) is 7.13. The highest BCUT2D eigenvalue weighted by Gasteiger charge is 2.18. The first kappa shape index (κ1) is 17.3. The molecule has 1 aromatic carbocycles. The summed E-state index contributed by atoms with van der Waals surface area (Å²) in [4.78, 5) is 12.7. The zero-order chi connectivity index (χ0) is 16.9. The Hall–Kier alpha value is -1.52. The molecule has 2 aromatic rings. The maximum atomic E-state index is 12.7. The van der Waals surface area contributed by atoms with Crippen LogP contribution in [0.2, 0.25) is 5.02 Å². The summed E-state index contributed by atoms with van der Waals surface area (Å²) in [6.45, 7) is 1.23. The first-order valence-electron chi connectivity index (χ1n) is 8.86. The molecule has 24 heavy (non-hydrogen) atoms. The molecule has 5 heteroatoms. The summed E-state index contributed by atoms with van der Waals surface area (Å²) in [7, 11) is 0. The Morgan fingerprint density at radius 3 is 2.71 bits per heavy atom. The lowest BCUT2D eigenvalue weighted by atomic mass is 10.0. The number of aliphatic hydroxyl groups is 1. The second-order valence-electron chi connectivity index (χ2n) is 6.69. The van der Waals surface area contributed by atoms with Gasteiger partial charge in [0.1, 0.15) is 0 Å². The van der Waals surface area contributed by atoms with Crippen LogP contribution in [0.4, 0.5) is 0 Å². The van der Waals surface area contributed by atoms with E-state index in [0.29, 0.717) is 23.0 Å². The van der Waals surface area contributed by atoms with Crippen molar-refractivity contribution in [2.24, 2.45) is 5.92 Å². The number of nitrogens with zero attached hydrogens (tertiary/aromatic N) is 1. The zero-order valence-electron chi connectivity index (χ0n) is 13.9. The standard InChI is InChI=1S/C19H25ClN2O2/c20-15-7-8-16-17(13-22(9-10-23)18(16)11-15)19(24)21-12-14-5-3-1-2-4-6-14/h7-8,11,13-14,23H,1-6,9-10,12H2,(H,21,24). The topological polar surface area (TPSA) is 54.3 Å². The van der Waals surface area contributed by atoms with Crippen LogP contribution in [0.25, 0.3) is 10.9 Å². The van der Waals surface area contributed by atoms with Crippen molar-refractivity contribution in [3.8, 4) is 0 Å². The quantitative estimate of drug-likeness (QED) is 0.803. The molecule has 130 valence electrons. The van der Waals surface area contributed by atoms with Gasteiger partial charge in [0.05, 0.1) is 17.7 Å². The number of amides is 1. The Morgan fingerprint density at radius 2 is 2.00 bits per heavy atom. The molecule has 0 radical (unpaired) electrons. The van der Waals surface area contributed by atoms with E-state index in [1.165, 1.54) is 38.5 Å². The third kappa shape index (κ3) is 3.93. The first-order chi connectivity index (χ1) is 11.7. The predicted molar refractivity (Wildman–Crippen MR) is 97.6 cm³/mol. The maximum absolute atomic E-state index is 12.7. The number of nitrogens with one attached hydrogen (secondary N) is 1. The third-order valence-corrected chi connectivity index (χ3v) is 5.19. The minimum Gasteiger partial charge on any atom is -0.395 e. The molecule has 1 fully saturated rings. The van der Waals surface area contributed by atoms with Gasteiger partial charge in [-0.2, -0.15) is 0 Å². The highest BCUT2D eigenvalue weighted by Crippen LogP contribution is 2.26. The van der Waals surface area contributed by atoms with E-state index in [1.54, 1.807) is 6.07 Å². The lowest BCUT2D eigenvalue weighted by Crippen LogP contribution is -2.29. The number of hydrogen-bond acceptors (Lipinski definition) is 2. The van der Waals surface area contributed by atoms with Crippen LogP contribution in [0.5, 0.6) is 0 Å². The lowest BCUT2D eigenvalue weighted by Gasteiger charge is -2.14. The van der Waals surface area contributed by atoms with Crippen LogP contribution >= 0.6 is 11.6 Å². The average Bonchev–Trinajstić information content (AvgIpc) is 2.75. The SMILES string of the molecule is O=C(NCC1CCCCCC1)c1cn(CCO)c2cc(Cl)ccc12. The van der Waals surface area contributed by atoms with E-state index in [0.717, 1.165) is 17.4 Å². The van der Waals surface area contributed by atoms with Crippen molar-refractivity contribution in [3.63, 3.8) is 0 Å². The minimum absolute atomic E-state index is 0.0272. The molecule has 4 nitrogen and oxygen atoms in total. The number of aromatic nitrogens is 1. The average molecular weight is 349 g/mol. The van der Waals surface area contributed by atoms with Gasteiger partial charge in [-0.1, -0.05) is 43.4 Å². The summed E-state index contributed by atoms with van der Waals surface area (Å²) >= 11 is 6.08. The van der Waals surface area contributed by atoms with Gasteiger partial charge in [0, 0.05) is 29.7 Å². The summed E-state index contributed by atoms with van der Waals surface area (Å²) < 4.78 is 1.89. The molecule has 1 aliphatic rings. The molecule has 0 saturated heterocycles. The summed E-state index contributed by atoms with van der Waals surface area (Å²) in [6, 6.07) is 5.52. The van der Waals surface area contributed by atoms with Gasteiger partial charge in [-0.25, -0.2) is 0 Å². The van der Waals surface area contributed by atoms with Crippen LogP contribution in [0.1, 0.15) is 48.9 Å². The molecule has 1 aliphatic carbocycles. The zero-order valence-corrected chi connectivity index (χ0v) is 14.7. The fraction of sp³-hybridized carbons (Fsp3) is 0.526. The van der Waals surface area contributed by atoms with Gasteiger partial charge in [0.25, 0.3) is 5.91 Å². The normalized spacial score (nSPS) is 16.2. The van der Waals surface area contributed by atoms with Crippen molar-refractivity contribution in [2.45, 2.75) is 45.1 Å². The molecule has 0 unspecified atom stereocenters. The first-order valence-corrected chi connectivity index (χ1v) is 9.24. The third-order valence-electron chi connectivity index (χ3n) is 4.96. The van der Waals surface area contributed by atoms with Crippen LogP contribution in [0.3, 0.4) is 0 Å². The highest BCUT2D eigenvalue weighted by atomic mass is 35.5. The molecule has 3 rings (SSSR count). The van der Waals surface area contributed by atoms with E-state index in [2.05, 4.69) is 5.32 Å². The van der Waals surface area contributed by atoms with E-state index in [1.807, 2.05) is 22.9 Å². The van der Waals surface area contributed by atoms with Crippen molar-refractivity contribution < 1.29 is 9.90 Å². The molecule has 0 bridgehead atoms. The van der Waals surface area contributed by atoms with Gasteiger partial charge in [-0.05, 0) is 30.9 Å². The second kappa shape index (κ2) is 8.04. The fourth-order valence-corrected chi connectivity index (χ4v) is 3.81. The van der Waals surface area contributed by atoms with E-state index in [4.69, 9.17) is 11.6 Å². The summed E-state index contributed by atoms with van der Waals surface area (Å²) in [6.07, 6.45) is 9.42. The summed E-state index contributed by atoms with van der Waals surface area (Å²) in [5.41, 5.74) is 1.54. The van der Waals surface area contributed by atoms with Crippen LogP contribution in [-0.2, 0) is 6.54 Å². The van der Waals surface area contributed by atoms with Crippen molar-refractivity contribution in [1.82, 2.24) is 9.88 Å². The van der Waals surface area contributed by atoms with E-state index >= 15 is 0 Å². The van der Waals surface area contributed by atoms with Crippen molar-refractivity contribution >= 4 is 28.4 Å². The number of halogens is 1. The molecule has 1 saturated carbocycles. The molecule has 0 atom stereocenters. The van der Waals surface area contributed by atoms with Gasteiger partial charge in [-0.15, -0.1) is 0 Å². The van der Waals surface area contributed by atoms with Crippen molar-refractivity contribution in [2.75, 3.05) is 13.2 Å². The maximum Gasteiger partial charge on any atom is 0.253 e. The van der Waals surface area contributed by atoms with Gasteiger partial charge >= 0.3 is 0 Å². The van der Waals surface area contributed by atoms with Gasteiger partial charge in [-0.3, -0.25) is 4.79 Å². The number of rotatable bonds is 5. The smallest absolute Gasteiger partial charge is 0.253 e. The van der Waals surface area contributed by atoms with Crippen LogP contribution in [0, 0.1) is 5.92 Å². The Bertz CT molecular complexity index is 703. The molecular weight excluding hydrogens is 324 g/mol. The molecule has 0 aliphatic heterocycles. The number of carbonyl (C=O) groups is 1.